The van der Waals surface area contributed by atoms with Crippen molar-refractivity contribution in [3.63, 3.8) is 0 Å². The van der Waals surface area contributed by atoms with E-state index in [1.807, 2.05) is 6.92 Å². The lowest BCUT2D eigenvalue weighted by molar-refractivity contribution is -0.131. The average molecular weight is 199 g/mol. The molecule has 4 nitrogen and oxygen atoms in total. The molecule has 2 amide bonds. The van der Waals surface area contributed by atoms with E-state index in [1.165, 1.54) is 0 Å². The number of rotatable bonds is 7. The van der Waals surface area contributed by atoms with E-state index >= 15 is 0 Å². The van der Waals surface area contributed by atoms with Gasteiger partial charge in [0, 0.05) is 11.8 Å². The number of nitrogens with two attached hydrogens (primary N) is 2. The Morgan fingerprint density at radius 2 is 1.71 bits per heavy atom. The van der Waals surface area contributed by atoms with Crippen molar-refractivity contribution in [3.8, 4) is 0 Å². The third-order valence-electron chi connectivity index (χ3n) is 2.40. The van der Waals surface area contributed by atoms with E-state index in [2.05, 4.69) is 6.92 Å². The summed E-state index contributed by atoms with van der Waals surface area (Å²) in [4.78, 5) is 22.1. The molecule has 2 atom stereocenters. The first-order chi connectivity index (χ1) is 6.54. The lowest BCUT2D eigenvalue weighted by Gasteiger charge is -2.20. The van der Waals surface area contributed by atoms with Gasteiger partial charge in [0.05, 0.1) is 0 Å². The van der Waals surface area contributed by atoms with Crippen LogP contribution in [-0.2, 0) is 9.59 Å². The third-order valence-corrected chi connectivity index (χ3v) is 2.40. The molecule has 0 bridgehead atoms. The van der Waals surface area contributed by atoms with Crippen molar-refractivity contribution in [2.24, 2.45) is 23.3 Å². The second-order valence-electron chi connectivity index (χ2n) is 3.45. The summed E-state index contributed by atoms with van der Waals surface area (Å²) < 4.78 is 0. The van der Waals surface area contributed by atoms with Crippen molar-refractivity contribution < 1.29 is 9.59 Å². The molecule has 0 aromatic heterocycles. The van der Waals surface area contributed by atoms with Gasteiger partial charge in [-0.15, -0.1) is 0 Å². The summed E-state index contributed by atoms with van der Waals surface area (Å²) in [5.41, 5.74) is 10.4. The molecule has 0 heterocycles. The number of hydrogen-bond acceptors (Lipinski definition) is 2. The number of hydrogen-bond donors (Lipinski definition) is 2. The van der Waals surface area contributed by atoms with Gasteiger partial charge in [-0.25, -0.2) is 0 Å². The normalized spacial score (nSPS) is 14.7. The maximum Gasteiger partial charge on any atom is 0.221 e. The van der Waals surface area contributed by atoms with Gasteiger partial charge in [-0.2, -0.15) is 0 Å². The van der Waals surface area contributed by atoms with Crippen LogP contribution in [0.25, 0.3) is 0 Å². The molecule has 0 saturated carbocycles. The highest BCUT2D eigenvalue weighted by molar-refractivity contribution is 5.86. The van der Waals surface area contributed by atoms with Crippen LogP contribution in [0.2, 0.25) is 0 Å². The Kier molecular flexibility index (Phi) is 5.92. The highest BCUT2D eigenvalue weighted by Gasteiger charge is 2.28. The van der Waals surface area contributed by atoms with Gasteiger partial charge in [0.1, 0.15) is 0 Å². The molecule has 0 aromatic carbocycles. The van der Waals surface area contributed by atoms with E-state index in [1.54, 1.807) is 0 Å². The van der Waals surface area contributed by atoms with Crippen LogP contribution in [0.15, 0.2) is 0 Å². The predicted molar refractivity (Wildman–Crippen MR) is 54.9 cm³/mol. The summed E-state index contributed by atoms with van der Waals surface area (Å²) in [6, 6.07) is 0. The summed E-state index contributed by atoms with van der Waals surface area (Å²) in [5.74, 6) is -1.91. The Labute approximate surface area is 85.0 Å². The minimum Gasteiger partial charge on any atom is -0.369 e. The van der Waals surface area contributed by atoms with E-state index in [0.29, 0.717) is 12.8 Å². The zero-order valence-electron chi connectivity index (χ0n) is 8.66. The molecule has 0 saturated heterocycles. The summed E-state index contributed by atoms with van der Waals surface area (Å²) in [5, 5.41) is 0. The number of carbonyl (C=O) groups excluding carboxylic acids is 2. The summed E-state index contributed by atoms with van der Waals surface area (Å²) >= 11 is 0. The smallest absolute Gasteiger partial charge is 0.221 e. The summed E-state index contributed by atoms with van der Waals surface area (Å²) in [6.07, 6.45) is 2.78. The Hall–Kier alpha value is -1.06. The van der Waals surface area contributed by atoms with Crippen molar-refractivity contribution in [2.45, 2.75) is 32.6 Å². The van der Waals surface area contributed by atoms with Crippen LogP contribution in [0.4, 0.5) is 0 Å². The van der Waals surface area contributed by atoms with Crippen LogP contribution in [0.3, 0.4) is 0 Å². The minimum absolute atomic E-state index is 0.326. The summed E-state index contributed by atoms with van der Waals surface area (Å²) in [7, 11) is 0. The molecule has 2 unspecified atom stereocenters. The number of primary amides is 2. The Balaban J connectivity index is 4.44. The van der Waals surface area contributed by atoms with Gasteiger partial charge in [0.2, 0.25) is 11.8 Å². The fourth-order valence-corrected chi connectivity index (χ4v) is 1.51. The summed E-state index contributed by atoms with van der Waals surface area (Å²) in [6.45, 7) is 5.63. The van der Waals surface area contributed by atoms with Crippen molar-refractivity contribution in [3.05, 3.63) is 6.92 Å². The second-order valence-corrected chi connectivity index (χ2v) is 3.45. The van der Waals surface area contributed by atoms with Crippen molar-refractivity contribution in [2.75, 3.05) is 0 Å². The highest BCUT2D eigenvalue weighted by Crippen LogP contribution is 2.21. The second kappa shape index (κ2) is 6.40. The lowest BCUT2D eigenvalue weighted by atomic mass is 9.85. The van der Waals surface area contributed by atoms with E-state index in [-0.39, 0.29) is 0 Å². The van der Waals surface area contributed by atoms with Crippen molar-refractivity contribution in [1.29, 1.82) is 0 Å². The third kappa shape index (κ3) is 3.77. The molecule has 4 heteroatoms. The molecule has 4 N–H and O–H groups in total. The van der Waals surface area contributed by atoms with E-state index in [0.717, 1.165) is 12.8 Å². The molecular formula is C10H19N2O2. The van der Waals surface area contributed by atoms with Crippen LogP contribution < -0.4 is 11.5 Å². The van der Waals surface area contributed by atoms with E-state index in [9.17, 15) is 9.59 Å². The van der Waals surface area contributed by atoms with Gasteiger partial charge in [-0.05, 0) is 12.8 Å². The lowest BCUT2D eigenvalue weighted by Crippen LogP contribution is -2.37. The highest BCUT2D eigenvalue weighted by atomic mass is 16.2. The Morgan fingerprint density at radius 3 is 2.00 bits per heavy atom. The molecule has 0 aliphatic carbocycles. The molecule has 1 radical (unpaired) electrons. The van der Waals surface area contributed by atoms with Crippen LogP contribution in [0.5, 0.6) is 0 Å². The largest absolute Gasteiger partial charge is 0.369 e. The molecule has 81 valence electrons. The quantitative estimate of drug-likeness (QED) is 0.629. The fourth-order valence-electron chi connectivity index (χ4n) is 1.51. The van der Waals surface area contributed by atoms with Gasteiger partial charge in [0.15, 0.2) is 0 Å². The first-order valence-electron chi connectivity index (χ1n) is 4.92. The molecule has 14 heavy (non-hydrogen) atoms. The van der Waals surface area contributed by atoms with Crippen LogP contribution in [0.1, 0.15) is 32.6 Å². The molecule has 0 aromatic rings. The van der Waals surface area contributed by atoms with Gasteiger partial charge in [0.25, 0.3) is 0 Å². The molecule has 0 fully saturated rings. The predicted octanol–water partition coefficient (Wildman–Crippen LogP) is 0.604. The number of amides is 2. The first kappa shape index (κ1) is 12.9. The molecule has 0 spiro atoms. The van der Waals surface area contributed by atoms with Crippen molar-refractivity contribution in [1.82, 2.24) is 0 Å². The molecule has 0 aliphatic heterocycles. The monoisotopic (exact) mass is 199 g/mol. The van der Waals surface area contributed by atoms with E-state index < -0.39 is 23.7 Å². The van der Waals surface area contributed by atoms with Crippen molar-refractivity contribution >= 4 is 11.8 Å². The maximum absolute atomic E-state index is 11.1. The maximum atomic E-state index is 11.1. The topological polar surface area (TPSA) is 86.2 Å². The van der Waals surface area contributed by atoms with Gasteiger partial charge < -0.3 is 11.5 Å². The van der Waals surface area contributed by atoms with Crippen LogP contribution in [0, 0.1) is 18.8 Å². The minimum atomic E-state index is -0.515. The Morgan fingerprint density at radius 1 is 1.21 bits per heavy atom. The van der Waals surface area contributed by atoms with Gasteiger partial charge in [-0.1, -0.05) is 26.7 Å². The fraction of sp³-hybridized carbons (Fsp3) is 0.700. The molecule has 0 aliphatic rings. The van der Waals surface area contributed by atoms with Gasteiger partial charge >= 0.3 is 0 Å². The zero-order valence-corrected chi connectivity index (χ0v) is 8.66. The molecule has 0 rings (SSSR count). The van der Waals surface area contributed by atoms with E-state index in [4.69, 9.17) is 11.5 Å². The SMILES string of the molecule is [CH2]CC(C(N)=O)C(CCCC)C(N)=O. The number of carbonyl (C=O) groups is 2. The molecular weight excluding hydrogens is 180 g/mol. The zero-order chi connectivity index (χ0) is 11.1. The standard InChI is InChI=1S/C10H19N2O2/c1-3-5-6-8(10(12)14)7(4-2)9(11)13/h7-8H,2-6H2,1H3,(H2,11,13)(H2,12,14). The average Bonchev–Trinajstić information content (AvgIpc) is 2.10. The number of unbranched alkanes of at least 4 members (excludes halogenated alkanes) is 1. The van der Waals surface area contributed by atoms with Crippen LogP contribution >= 0.6 is 0 Å². The first-order valence-corrected chi connectivity index (χ1v) is 4.92. The van der Waals surface area contributed by atoms with Crippen LogP contribution in [-0.4, -0.2) is 11.8 Å². The van der Waals surface area contributed by atoms with Gasteiger partial charge in [-0.3, -0.25) is 9.59 Å². The Bertz CT molecular complexity index is 204.